The molecule has 4 saturated carbocycles. The summed E-state index contributed by atoms with van der Waals surface area (Å²) in [6, 6.07) is 4.62. The Morgan fingerprint density at radius 3 is 2.50 bits per heavy atom. The number of alkyl halides is 3. The number of amides is 2. The third kappa shape index (κ3) is 5.63. The van der Waals surface area contributed by atoms with Crippen molar-refractivity contribution in [2.45, 2.75) is 93.2 Å². The number of rotatable bonds is 7. The van der Waals surface area contributed by atoms with Gasteiger partial charge in [-0.15, -0.1) is 13.2 Å². The van der Waals surface area contributed by atoms with Gasteiger partial charge in [0.05, 0.1) is 35.8 Å². The quantitative estimate of drug-likeness (QED) is 0.468. The Morgan fingerprint density at radius 1 is 1.13 bits per heavy atom. The van der Waals surface area contributed by atoms with E-state index >= 15 is 0 Å². The molecule has 1 aromatic rings. The molecule has 6 rings (SSSR count). The van der Waals surface area contributed by atoms with E-state index in [1.54, 1.807) is 12.1 Å². The highest BCUT2D eigenvalue weighted by Gasteiger charge is 2.56. The summed E-state index contributed by atoms with van der Waals surface area (Å²) in [4.78, 5) is 38.1. The Morgan fingerprint density at radius 2 is 1.84 bits per heavy atom. The standard InChI is InChI=1S/C25H28ClF3N2O7/c26-13-1-2-18-16(7-13)17(32)10-19(37-18)22(35)31-24-5-3-23(4-6-24,11-20(24)33)30-21(34)12-36-14-8-15(9-14)38-25(27,28)29/h1-2,7,14-15,19-20,33H,3-6,8-12H2,(H,30,34)(H,31,35)/t14-,15+,19-,20+,23?,24?/m1/s1. The maximum absolute atomic E-state index is 13.1. The fourth-order valence-electron chi connectivity index (χ4n) is 5.89. The average molecular weight is 561 g/mol. The molecule has 0 spiro atoms. The summed E-state index contributed by atoms with van der Waals surface area (Å²) >= 11 is 5.95. The van der Waals surface area contributed by atoms with Crippen molar-refractivity contribution in [3.63, 3.8) is 0 Å². The van der Waals surface area contributed by atoms with Crippen molar-refractivity contribution in [2.75, 3.05) is 6.61 Å². The van der Waals surface area contributed by atoms with Gasteiger partial charge in [-0.05, 0) is 50.3 Å². The SMILES string of the molecule is O=C(CO[C@H]1C[C@@H](OC(F)(F)F)C1)NC12CCC(NC(=O)[C@H]3CC(=O)c4cc(Cl)ccc4O3)(CC1)[C@@H](O)C2. The Kier molecular flexibility index (Phi) is 7.12. The van der Waals surface area contributed by atoms with Crippen LogP contribution in [0.15, 0.2) is 18.2 Å². The number of ether oxygens (including phenoxy) is 3. The molecule has 1 aromatic carbocycles. The molecule has 9 nitrogen and oxygen atoms in total. The normalized spacial score (nSPS) is 34.1. The van der Waals surface area contributed by atoms with Gasteiger partial charge in [-0.1, -0.05) is 11.6 Å². The molecule has 1 aliphatic heterocycles. The molecule has 1 heterocycles. The summed E-state index contributed by atoms with van der Waals surface area (Å²) in [6.07, 6.45) is -6.06. The minimum atomic E-state index is -4.69. The highest BCUT2D eigenvalue weighted by Crippen LogP contribution is 2.47. The Hall–Kier alpha value is -2.41. The second-order valence-electron chi connectivity index (χ2n) is 10.7. The van der Waals surface area contributed by atoms with Gasteiger partial charge in [0.2, 0.25) is 5.91 Å². The van der Waals surface area contributed by atoms with Gasteiger partial charge in [-0.3, -0.25) is 19.1 Å². The zero-order valence-electron chi connectivity index (χ0n) is 20.3. The summed E-state index contributed by atoms with van der Waals surface area (Å²) in [5.74, 6) is -0.874. The number of carbonyl (C=O) groups excluding carboxylic acids is 3. The highest BCUT2D eigenvalue weighted by molar-refractivity contribution is 6.31. The predicted octanol–water partition coefficient (Wildman–Crippen LogP) is 2.81. The first-order valence-electron chi connectivity index (χ1n) is 12.5. The van der Waals surface area contributed by atoms with Gasteiger partial charge in [0.1, 0.15) is 12.4 Å². The Labute approximate surface area is 221 Å². The number of hydrogen-bond donors (Lipinski definition) is 3. The van der Waals surface area contributed by atoms with E-state index in [1.807, 2.05) is 0 Å². The van der Waals surface area contributed by atoms with E-state index in [1.165, 1.54) is 6.07 Å². The van der Waals surface area contributed by atoms with Crippen LogP contribution >= 0.6 is 11.6 Å². The lowest BCUT2D eigenvalue weighted by Gasteiger charge is -2.56. The first-order valence-corrected chi connectivity index (χ1v) is 12.9. The van der Waals surface area contributed by atoms with Crippen molar-refractivity contribution >= 4 is 29.2 Å². The molecule has 0 unspecified atom stereocenters. The van der Waals surface area contributed by atoms with Crippen LogP contribution in [-0.4, -0.2) is 71.2 Å². The van der Waals surface area contributed by atoms with Gasteiger partial charge in [0.15, 0.2) is 11.9 Å². The maximum atomic E-state index is 13.1. The number of benzene rings is 1. The zero-order valence-corrected chi connectivity index (χ0v) is 21.1. The van der Waals surface area contributed by atoms with E-state index < -0.39 is 53.7 Å². The van der Waals surface area contributed by atoms with E-state index in [0.29, 0.717) is 36.3 Å². The summed E-state index contributed by atoms with van der Waals surface area (Å²) in [6.45, 7) is -0.303. The second-order valence-corrected chi connectivity index (χ2v) is 11.1. The van der Waals surface area contributed by atoms with Gasteiger partial charge in [0, 0.05) is 23.4 Å². The molecule has 3 N–H and O–H groups in total. The lowest BCUT2D eigenvalue weighted by atomic mass is 9.59. The van der Waals surface area contributed by atoms with Crippen LogP contribution < -0.4 is 15.4 Å². The number of ketones is 1. The molecule has 4 fully saturated rings. The molecule has 4 aliphatic carbocycles. The van der Waals surface area contributed by atoms with Crippen molar-refractivity contribution in [3.05, 3.63) is 28.8 Å². The van der Waals surface area contributed by atoms with Gasteiger partial charge < -0.3 is 25.2 Å². The summed E-state index contributed by atoms with van der Waals surface area (Å²) in [7, 11) is 0. The molecule has 208 valence electrons. The molecule has 2 bridgehead atoms. The topological polar surface area (TPSA) is 123 Å². The van der Waals surface area contributed by atoms with Gasteiger partial charge >= 0.3 is 6.36 Å². The summed E-state index contributed by atoms with van der Waals surface area (Å²) in [5.41, 5.74) is -1.23. The fourth-order valence-corrected chi connectivity index (χ4v) is 6.07. The number of fused-ring (bicyclic) bond motifs is 4. The van der Waals surface area contributed by atoms with Crippen molar-refractivity contribution in [1.29, 1.82) is 0 Å². The van der Waals surface area contributed by atoms with Crippen LogP contribution in [0.2, 0.25) is 5.02 Å². The average Bonchev–Trinajstić information content (AvgIpc) is 2.81. The molecule has 2 amide bonds. The molecule has 13 heteroatoms. The van der Waals surface area contributed by atoms with Crippen LogP contribution in [0, 0.1) is 0 Å². The molecular formula is C25H28ClF3N2O7. The molecule has 5 aliphatic rings. The van der Waals surface area contributed by atoms with Gasteiger partial charge in [0.25, 0.3) is 5.91 Å². The van der Waals surface area contributed by atoms with Crippen LogP contribution in [0.4, 0.5) is 13.2 Å². The minimum Gasteiger partial charge on any atom is -0.479 e. The molecule has 2 atom stereocenters. The number of halogens is 4. The number of hydrogen-bond acceptors (Lipinski definition) is 7. The monoisotopic (exact) mass is 560 g/mol. The molecule has 0 aromatic heterocycles. The van der Waals surface area contributed by atoms with Crippen LogP contribution in [-0.2, 0) is 19.1 Å². The van der Waals surface area contributed by atoms with Crippen molar-refractivity contribution in [1.82, 2.24) is 10.6 Å². The first-order chi connectivity index (χ1) is 17.9. The van der Waals surface area contributed by atoms with Crippen LogP contribution in [0.3, 0.4) is 0 Å². The third-order valence-electron chi connectivity index (χ3n) is 8.07. The highest BCUT2D eigenvalue weighted by atomic mass is 35.5. The lowest BCUT2D eigenvalue weighted by Crippen LogP contribution is -2.71. The number of aliphatic hydroxyl groups is 1. The maximum Gasteiger partial charge on any atom is 0.522 e. The number of nitrogens with one attached hydrogen (secondary N) is 2. The van der Waals surface area contributed by atoms with E-state index in [9.17, 15) is 32.7 Å². The number of aliphatic hydroxyl groups excluding tert-OH is 1. The Balaban J connectivity index is 1.11. The minimum absolute atomic E-state index is 0.0640. The van der Waals surface area contributed by atoms with Crippen molar-refractivity contribution < 1.29 is 46.9 Å². The largest absolute Gasteiger partial charge is 0.522 e. The van der Waals surface area contributed by atoms with Crippen LogP contribution in [0.1, 0.15) is 61.7 Å². The number of Topliss-reactive ketones (excluding diaryl/α,β-unsaturated/α-hetero) is 1. The van der Waals surface area contributed by atoms with Crippen LogP contribution in [0.25, 0.3) is 0 Å². The lowest BCUT2D eigenvalue weighted by molar-refractivity contribution is -0.357. The van der Waals surface area contributed by atoms with Gasteiger partial charge in [-0.2, -0.15) is 0 Å². The predicted molar refractivity (Wildman–Crippen MR) is 126 cm³/mol. The van der Waals surface area contributed by atoms with E-state index in [4.69, 9.17) is 21.1 Å². The smallest absolute Gasteiger partial charge is 0.479 e. The van der Waals surface area contributed by atoms with E-state index in [2.05, 4.69) is 15.4 Å². The molecule has 38 heavy (non-hydrogen) atoms. The van der Waals surface area contributed by atoms with Crippen LogP contribution in [0.5, 0.6) is 5.75 Å². The van der Waals surface area contributed by atoms with Gasteiger partial charge in [-0.25, -0.2) is 0 Å². The van der Waals surface area contributed by atoms with E-state index in [-0.39, 0.29) is 43.8 Å². The molecule has 0 radical (unpaired) electrons. The van der Waals surface area contributed by atoms with E-state index in [0.717, 1.165) is 0 Å². The zero-order chi connectivity index (χ0) is 27.3. The van der Waals surface area contributed by atoms with Crippen molar-refractivity contribution in [2.24, 2.45) is 0 Å². The fraction of sp³-hybridized carbons (Fsp3) is 0.640. The summed E-state index contributed by atoms with van der Waals surface area (Å²) < 4.78 is 51.7. The molecular weight excluding hydrogens is 533 g/mol. The summed E-state index contributed by atoms with van der Waals surface area (Å²) in [5, 5.41) is 17.2. The molecule has 0 saturated heterocycles. The number of carbonyl (C=O) groups is 3. The Bertz CT molecular complexity index is 1120. The van der Waals surface area contributed by atoms with Crippen molar-refractivity contribution in [3.8, 4) is 5.75 Å². The third-order valence-corrected chi connectivity index (χ3v) is 8.31. The first kappa shape index (κ1) is 27.2. The second kappa shape index (κ2) is 9.96.